The monoisotopic (exact) mass is 336 g/mol. The number of carbonyl (C=O) groups excluding carboxylic acids is 1. The molecule has 0 bridgehead atoms. The van der Waals surface area contributed by atoms with Gasteiger partial charge in [-0.25, -0.2) is 4.79 Å². The zero-order chi connectivity index (χ0) is 17.1. The molecule has 0 atom stereocenters. The van der Waals surface area contributed by atoms with Crippen LogP contribution in [0.4, 0.5) is 0 Å². The molecule has 0 saturated carbocycles. The maximum Gasteiger partial charge on any atom is 0.343 e. The van der Waals surface area contributed by atoms with Gasteiger partial charge in [-0.3, -0.25) is 4.68 Å². The molecule has 1 aliphatic heterocycles. The summed E-state index contributed by atoms with van der Waals surface area (Å²) in [5.41, 5.74) is 1.54. The van der Waals surface area contributed by atoms with E-state index in [2.05, 4.69) is 5.10 Å². The van der Waals surface area contributed by atoms with E-state index >= 15 is 0 Å². The molecular weight excluding hydrogens is 320 g/mol. The number of carbonyl (C=O) groups is 1. The highest BCUT2D eigenvalue weighted by Gasteiger charge is 2.14. The van der Waals surface area contributed by atoms with Crippen molar-refractivity contribution in [2.45, 2.75) is 6.54 Å². The van der Waals surface area contributed by atoms with Crippen LogP contribution < -0.4 is 14.2 Å². The fraction of sp³-hybridized carbons (Fsp3) is 0.158. The summed E-state index contributed by atoms with van der Waals surface area (Å²) < 4.78 is 18.2. The number of aromatic nitrogens is 2. The smallest absolute Gasteiger partial charge is 0.343 e. The van der Waals surface area contributed by atoms with Crippen molar-refractivity contribution in [1.82, 2.24) is 9.78 Å². The van der Waals surface area contributed by atoms with Gasteiger partial charge in [0.2, 0.25) is 0 Å². The van der Waals surface area contributed by atoms with Crippen LogP contribution in [0.25, 0.3) is 0 Å². The fourth-order valence-electron chi connectivity index (χ4n) is 2.58. The molecular formula is C19H16N2O4. The Kier molecular flexibility index (Phi) is 4.08. The number of hydrogen-bond donors (Lipinski definition) is 0. The largest absolute Gasteiger partial charge is 0.486 e. The Balaban J connectivity index is 1.44. The van der Waals surface area contributed by atoms with Gasteiger partial charge in [0.25, 0.3) is 0 Å². The molecule has 1 aromatic heterocycles. The van der Waals surface area contributed by atoms with Gasteiger partial charge in [-0.2, -0.15) is 5.10 Å². The molecule has 6 nitrogen and oxygen atoms in total. The number of rotatable bonds is 4. The van der Waals surface area contributed by atoms with Crippen molar-refractivity contribution in [3.8, 4) is 17.2 Å². The zero-order valence-electron chi connectivity index (χ0n) is 13.4. The Labute approximate surface area is 144 Å². The Morgan fingerprint density at radius 1 is 1.08 bits per heavy atom. The molecule has 0 aliphatic carbocycles. The van der Waals surface area contributed by atoms with Crippen LogP contribution in [-0.2, 0) is 6.54 Å². The van der Waals surface area contributed by atoms with Gasteiger partial charge in [-0.05, 0) is 35.9 Å². The molecule has 4 rings (SSSR count). The normalized spacial score (nSPS) is 12.6. The van der Waals surface area contributed by atoms with Crippen molar-refractivity contribution in [1.29, 1.82) is 0 Å². The molecule has 0 amide bonds. The second-order valence-electron chi connectivity index (χ2n) is 5.60. The molecule has 0 N–H and O–H groups in total. The van der Waals surface area contributed by atoms with Gasteiger partial charge in [0.1, 0.15) is 19.0 Å². The first-order valence-corrected chi connectivity index (χ1v) is 7.96. The summed E-state index contributed by atoms with van der Waals surface area (Å²) in [4.78, 5) is 12.3. The average Bonchev–Trinajstić information content (AvgIpc) is 3.15. The highest BCUT2D eigenvalue weighted by atomic mass is 16.6. The molecule has 126 valence electrons. The highest BCUT2D eigenvalue weighted by molar-refractivity contribution is 5.91. The van der Waals surface area contributed by atoms with E-state index in [0.29, 0.717) is 42.6 Å². The lowest BCUT2D eigenvalue weighted by molar-refractivity contribution is 0.0733. The summed E-state index contributed by atoms with van der Waals surface area (Å²) in [5.74, 6) is 1.26. The van der Waals surface area contributed by atoms with E-state index in [-0.39, 0.29) is 0 Å². The minimum absolute atomic E-state index is 0.415. The molecule has 6 heteroatoms. The van der Waals surface area contributed by atoms with Gasteiger partial charge in [-0.15, -0.1) is 0 Å². The first-order valence-electron chi connectivity index (χ1n) is 7.96. The number of benzene rings is 2. The molecule has 0 spiro atoms. The van der Waals surface area contributed by atoms with E-state index in [9.17, 15) is 4.79 Å². The summed E-state index contributed by atoms with van der Waals surface area (Å²) in [6.45, 7) is 1.67. The third kappa shape index (κ3) is 3.47. The minimum atomic E-state index is -0.415. The average molecular weight is 336 g/mol. The predicted molar refractivity (Wildman–Crippen MR) is 90.2 cm³/mol. The summed E-state index contributed by atoms with van der Waals surface area (Å²) in [5, 5.41) is 4.16. The first kappa shape index (κ1) is 15.3. The van der Waals surface area contributed by atoms with Crippen LogP contribution in [0.1, 0.15) is 15.9 Å². The SMILES string of the molecule is O=C(Oc1ccc2c(c1)OCCO2)c1ccc(Cn2cccn2)cc1. The number of hydrogen-bond acceptors (Lipinski definition) is 5. The Morgan fingerprint density at radius 3 is 2.64 bits per heavy atom. The van der Waals surface area contributed by atoms with Crippen LogP contribution in [0.3, 0.4) is 0 Å². The van der Waals surface area contributed by atoms with E-state index in [1.807, 2.05) is 29.1 Å². The van der Waals surface area contributed by atoms with E-state index in [1.165, 1.54) is 0 Å². The predicted octanol–water partition coefficient (Wildman–Crippen LogP) is 2.92. The molecule has 1 aliphatic rings. The lowest BCUT2D eigenvalue weighted by Crippen LogP contribution is -2.15. The minimum Gasteiger partial charge on any atom is -0.486 e. The third-order valence-electron chi connectivity index (χ3n) is 3.82. The molecule has 0 saturated heterocycles. The van der Waals surface area contributed by atoms with Gasteiger partial charge in [0, 0.05) is 18.5 Å². The van der Waals surface area contributed by atoms with Gasteiger partial charge >= 0.3 is 5.97 Å². The number of fused-ring (bicyclic) bond motifs is 1. The summed E-state index contributed by atoms with van der Waals surface area (Å²) >= 11 is 0. The third-order valence-corrected chi connectivity index (χ3v) is 3.82. The van der Waals surface area contributed by atoms with Crippen LogP contribution in [0, 0.1) is 0 Å². The van der Waals surface area contributed by atoms with Crippen LogP contribution in [0.15, 0.2) is 60.9 Å². The standard InChI is InChI=1S/C19H16N2O4/c22-19(25-16-6-7-17-18(12-16)24-11-10-23-17)15-4-2-14(3-5-15)13-21-9-1-8-20-21/h1-9,12H,10-11,13H2. The second-order valence-corrected chi connectivity index (χ2v) is 5.60. The molecule has 0 unspecified atom stereocenters. The van der Waals surface area contributed by atoms with Gasteiger partial charge in [0.05, 0.1) is 12.1 Å². The van der Waals surface area contributed by atoms with Gasteiger partial charge < -0.3 is 14.2 Å². The Morgan fingerprint density at radius 2 is 1.88 bits per heavy atom. The second kappa shape index (κ2) is 6.68. The van der Waals surface area contributed by atoms with Crippen molar-refractivity contribution in [2.24, 2.45) is 0 Å². The lowest BCUT2D eigenvalue weighted by Gasteiger charge is -2.18. The van der Waals surface area contributed by atoms with Crippen molar-refractivity contribution in [3.63, 3.8) is 0 Å². The quantitative estimate of drug-likeness (QED) is 0.541. The highest BCUT2D eigenvalue weighted by Crippen LogP contribution is 2.33. The Bertz CT molecular complexity index is 873. The molecule has 2 heterocycles. The Hall–Kier alpha value is -3.28. The molecule has 25 heavy (non-hydrogen) atoms. The van der Waals surface area contributed by atoms with Crippen LogP contribution in [-0.4, -0.2) is 29.0 Å². The van der Waals surface area contributed by atoms with E-state index in [0.717, 1.165) is 5.56 Å². The topological polar surface area (TPSA) is 62.6 Å². The lowest BCUT2D eigenvalue weighted by atomic mass is 10.1. The van der Waals surface area contributed by atoms with E-state index in [4.69, 9.17) is 14.2 Å². The first-order chi connectivity index (χ1) is 12.3. The van der Waals surface area contributed by atoms with Gasteiger partial charge in [0.15, 0.2) is 11.5 Å². The number of nitrogens with zero attached hydrogens (tertiary/aromatic N) is 2. The summed E-state index contributed by atoms with van der Waals surface area (Å²) in [6.07, 6.45) is 3.63. The van der Waals surface area contributed by atoms with Crippen molar-refractivity contribution in [2.75, 3.05) is 13.2 Å². The van der Waals surface area contributed by atoms with Crippen molar-refractivity contribution in [3.05, 3.63) is 72.1 Å². The number of ether oxygens (including phenoxy) is 3. The zero-order valence-corrected chi connectivity index (χ0v) is 13.4. The van der Waals surface area contributed by atoms with Crippen molar-refractivity contribution >= 4 is 5.97 Å². The maximum atomic E-state index is 12.3. The fourth-order valence-corrected chi connectivity index (χ4v) is 2.58. The van der Waals surface area contributed by atoms with Crippen LogP contribution >= 0.6 is 0 Å². The van der Waals surface area contributed by atoms with Crippen LogP contribution in [0.2, 0.25) is 0 Å². The van der Waals surface area contributed by atoms with Crippen LogP contribution in [0.5, 0.6) is 17.2 Å². The maximum absolute atomic E-state index is 12.3. The van der Waals surface area contributed by atoms with Crippen molar-refractivity contribution < 1.29 is 19.0 Å². The summed E-state index contributed by atoms with van der Waals surface area (Å²) in [7, 11) is 0. The van der Waals surface area contributed by atoms with E-state index in [1.54, 1.807) is 36.5 Å². The molecule has 2 aromatic carbocycles. The molecule has 0 radical (unpaired) electrons. The molecule has 0 fully saturated rings. The van der Waals surface area contributed by atoms with Gasteiger partial charge in [-0.1, -0.05) is 12.1 Å². The summed E-state index contributed by atoms with van der Waals surface area (Å²) in [6, 6.07) is 14.3. The molecule has 3 aromatic rings. The number of esters is 1. The van der Waals surface area contributed by atoms with E-state index < -0.39 is 5.97 Å².